The molecule has 3 nitrogen and oxygen atoms in total. The summed E-state index contributed by atoms with van der Waals surface area (Å²) < 4.78 is 13.9. The Balaban J connectivity index is 2.24. The molecule has 0 spiro atoms. The maximum Gasteiger partial charge on any atom is 0.251 e. The van der Waals surface area contributed by atoms with Gasteiger partial charge in [0.2, 0.25) is 0 Å². The zero-order chi connectivity index (χ0) is 13.1. The highest BCUT2D eigenvalue weighted by Crippen LogP contribution is 2.07. The number of pyridine rings is 1. The molecule has 1 aromatic carbocycles. The summed E-state index contributed by atoms with van der Waals surface area (Å²) in [6.45, 7) is -0.120. The molecule has 0 radical (unpaired) electrons. The Hall–Kier alpha value is -1.94. The molecule has 0 bridgehead atoms. The van der Waals surface area contributed by atoms with Crippen molar-refractivity contribution >= 4 is 17.4 Å². The third kappa shape index (κ3) is 2.84. The number of hydrogen-bond donors (Lipinski definition) is 0. The number of aromatic nitrogens is 1. The van der Waals surface area contributed by atoms with Gasteiger partial charge < -0.3 is 4.57 Å². The van der Waals surface area contributed by atoms with Crippen LogP contribution in [0.25, 0.3) is 0 Å². The lowest BCUT2D eigenvalue weighted by molar-refractivity contribution is 0.0971. The van der Waals surface area contributed by atoms with Crippen LogP contribution in [0.4, 0.5) is 4.39 Å². The van der Waals surface area contributed by atoms with Gasteiger partial charge in [0.1, 0.15) is 5.82 Å². The normalized spacial score (nSPS) is 10.3. The van der Waals surface area contributed by atoms with E-state index in [1.165, 1.54) is 47.2 Å². The van der Waals surface area contributed by atoms with Gasteiger partial charge in [-0.1, -0.05) is 11.6 Å². The van der Waals surface area contributed by atoms with E-state index < -0.39 is 5.82 Å². The van der Waals surface area contributed by atoms with Crippen LogP contribution in [0.1, 0.15) is 10.4 Å². The monoisotopic (exact) mass is 265 g/mol. The number of halogens is 2. The highest BCUT2D eigenvalue weighted by atomic mass is 35.5. The molecule has 18 heavy (non-hydrogen) atoms. The van der Waals surface area contributed by atoms with Crippen LogP contribution in [0, 0.1) is 5.82 Å². The Morgan fingerprint density at radius 3 is 2.50 bits per heavy atom. The van der Waals surface area contributed by atoms with Crippen LogP contribution in [0.15, 0.2) is 47.4 Å². The first-order chi connectivity index (χ1) is 8.56. The Morgan fingerprint density at radius 1 is 1.17 bits per heavy atom. The first kappa shape index (κ1) is 12.5. The van der Waals surface area contributed by atoms with Crippen LogP contribution in [0.2, 0.25) is 5.02 Å². The van der Waals surface area contributed by atoms with Crippen LogP contribution in [0.5, 0.6) is 0 Å². The van der Waals surface area contributed by atoms with Crippen molar-refractivity contribution in [2.75, 3.05) is 0 Å². The summed E-state index contributed by atoms with van der Waals surface area (Å²) in [5.41, 5.74) is 0.0399. The molecule has 0 saturated carbocycles. The molecule has 0 saturated heterocycles. The number of nitrogens with zero attached hydrogens (tertiary/aromatic N) is 1. The van der Waals surface area contributed by atoms with Crippen LogP contribution in [-0.2, 0) is 6.54 Å². The predicted molar refractivity (Wildman–Crippen MR) is 66.4 cm³/mol. The average molecular weight is 266 g/mol. The molecule has 0 fully saturated rings. The second kappa shape index (κ2) is 5.14. The van der Waals surface area contributed by atoms with Crippen LogP contribution in [0.3, 0.4) is 0 Å². The minimum absolute atomic E-state index is 0.120. The van der Waals surface area contributed by atoms with Crippen molar-refractivity contribution in [1.29, 1.82) is 0 Å². The van der Waals surface area contributed by atoms with Gasteiger partial charge in [0.25, 0.3) is 5.56 Å². The smallest absolute Gasteiger partial charge is 0.251 e. The van der Waals surface area contributed by atoms with Gasteiger partial charge in [-0.05, 0) is 30.3 Å². The van der Waals surface area contributed by atoms with E-state index in [1.807, 2.05) is 0 Å². The van der Waals surface area contributed by atoms with Gasteiger partial charge >= 0.3 is 0 Å². The summed E-state index contributed by atoms with van der Waals surface area (Å²) in [4.78, 5) is 23.3. The fourth-order valence-corrected chi connectivity index (χ4v) is 1.69. The average Bonchev–Trinajstić information content (AvgIpc) is 2.34. The standard InChI is InChI=1S/C13H9ClFNO2/c14-10-3-6-13(18)16(7-10)8-12(17)9-1-4-11(15)5-2-9/h1-7H,8H2. The lowest BCUT2D eigenvalue weighted by Gasteiger charge is -2.05. The summed E-state index contributed by atoms with van der Waals surface area (Å²) >= 11 is 5.75. The van der Waals surface area contributed by atoms with Crippen LogP contribution >= 0.6 is 11.6 Å². The van der Waals surface area contributed by atoms with Crippen molar-refractivity contribution < 1.29 is 9.18 Å². The molecule has 2 aromatic rings. The van der Waals surface area contributed by atoms with E-state index in [-0.39, 0.29) is 17.9 Å². The molecular formula is C13H9ClFNO2. The number of Topliss-reactive ketones (excluding diaryl/α,β-unsaturated/α-hetero) is 1. The molecule has 0 aliphatic carbocycles. The minimum atomic E-state index is -0.411. The molecular weight excluding hydrogens is 257 g/mol. The molecule has 0 N–H and O–H groups in total. The molecule has 0 amide bonds. The van der Waals surface area contributed by atoms with Crippen LogP contribution < -0.4 is 5.56 Å². The first-order valence-corrected chi connectivity index (χ1v) is 5.59. The van der Waals surface area contributed by atoms with Crippen molar-refractivity contribution in [1.82, 2.24) is 4.57 Å². The number of carbonyl (C=O) groups is 1. The number of benzene rings is 1. The number of hydrogen-bond acceptors (Lipinski definition) is 2. The van der Waals surface area contributed by atoms with E-state index in [4.69, 9.17) is 11.6 Å². The van der Waals surface area contributed by atoms with Gasteiger partial charge in [-0.3, -0.25) is 9.59 Å². The lowest BCUT2D eigenvalue weighted by Crippen LogP contribution is -2.22. The van der Waals surface area contributed by atoms with E-state index in [9.17, 15) is 14.0 Å². The Bertz CT molecular complexity index is 634. The Morgan fingerprint density at radius 2 is 1.83 bits per heavy atom. The highest BCUT2D eigenvalue weighted by Gasteiger charge is 2.08. The summed E-state index contributed by atoms with van der Waals surface area (Å²) in [5.74, 6) is -0.689. The molecule has 1 aromatic heterocycles. The van der Waals surface area contributed by atoms with Gasteiger partial charge in [0.05, 0.1) is 11.6 Å². The van der Waals surface area contributed by atoms with Crippen molar-refractivity contribution in [2.24, 2.45) is 0 Å². The lowest BCUT2D eigenvalue weighted by atomic mass is 10.1. The molecule has 0 aliphatic heterocycles. The molecule has 0 unspecified atom stereocenters. The highest BCUT2D eigenvalue weighted by molar-refractivity contribution is 6.30. The van der Waals surface area contributed by atoms with Gasteiger partial charge in [-0.15, -0.1) is 0 Å². The molecule has 5 heteroatoms. The zero-order valence-corrected chi connectivity index (χ0v) is 10.0. The SMILES string of the molecule is O=C(Cn1cc(Cl)ccc1=O)c1ccc(F)cc1. The fourth-order valence-electron chi connectivity index (χ4n) is 1.51. The zero-order valence-electron chi connectivity index (χ0n) is 9.27. The maximum atomic E-state index is 12.7. The number of carbonyl (C=O) groups excluding carboxylic acids is 1. The van der Waals surface area contributed by atoms with E-state index in [0.29, 0.717) is 10.6 Å². The Kier molecular flexibility index (Phi) is 3.58. The molecule has 1 heterocycles. The van der Waals surface area contributed by atoms with E-state index in [2.05, 4.69) is 0 Å². The third-order valence-electron chi connectivity index (χ3n) is 2.43. The second-order valence-electron chi connectivity index (χ2n) is 3.74. The quantitative estimate of drug-likeness (QED) is 0.800. The van der Waals surface area contributed by atoms with E-state index in [0.717, 1.165) is 0 Å². The van der Waals surface area contributed by atoms with Gasteiger partial charge in [-0.25, -0.2) is 4.39 Å². The topological polar surface area (TPSA) is 39.1 Å². The van der Waals surface area contributed by atoms with Crippen molar-refractivity contribution in [3.8, 4) is 0 Å². The number of rotatable bonds is 3. The molecule has 92 valence electrons. The minimum Gasteiger partial charge on any atom is -0.306 e. The van der Waals surface area contributed by atoms with E-state index >= 15 is 0 Å². The van der Waals surface area contributed by atoms with Crippen molar-refractivity contribution in [3.63, 3.8) is 0 Å². The van der Waals surface area contributed by atoms with E-state index in [1.54, 1.807) is 0 Å². The largest absolute Gasteiger partial charge is 0.306 e. The molecule has 0 atom stereocenters. The molecule has 2 rings (SSSR count). The molecule has 0 aliphatic rings. The summed E-state index contributed by atoms with van der Waals surface area (Å²) in [6, 6.07) is 7.92. The summed E-state index contributed by atoms with van der Waals surface area (Å²) in [5, 5.41) is 0.376. The second-order valence-corrected chi connectivity index (χ2v) is 4.18. The maximum absolute atomic E-state index is 12.7. The van der Waals surface area contributed by atoms with Gasteiger partial charge in [0, 0.05) is 17.8 Å². The summed E-state index contributed by atoms with van der Waals surface area (Å²) in [6.07, 6.45) is 1.39. The first-order valence-electron chi connectivity index (χ1n) is 5.21. The van der Waals surface area contributed by atoms with Crippen LogP contribution in [-0.4, -0.2) is 10.4 Å². The van der Waals surface area contributed by atoms with Crippen molar-refractivity contribution in [2.45, 2.75) is 6.54 Å². The fraction of sp³-hybridized carbons (Fsp3) is 0.0769. The summed E-state index contributed by atoms with van der Waals surface area (Å²) in [7, 11) is 0. The predicted octanol–water partition coefficient (Wildman–Crippen LogP) is 2.52. The van der Waals surface area contributed by atoms with Gasteiger partial charge in [0.15, 0.2) is 5.78 Å². The van der Waals surface area contributed by atoms with Gasteiger partial charge in [-0.2, -0.15) is 0 Å². The Labute approximate surface area is 107 Å². The number of ketones is 1. The third-order valence-corrected chi connectivity index (χ3v) is 2.65. The van der Waals surface area contributed by atoms with Crippen molar-refractivity contribution in [3.05, 3.63) is 69.4 Å².